The lowest BCUT2D eigenvalue weighted by Gasteiger charge is -2.22. The smallest absolute Gasteiger partial charge is 0.142 e. The van der Waals surface area contributed by atoms with Crippen molar-refractivity contribution in [3.05, 3.63) is 40.8 Å². The van der Waals surface area contributed by atoms with E-state index >= 15 is 0 Å². The van der Waals surface area contributed by atoms with Gasteiger partial charge in [-0.05, 0) is 24.1 Å². The summed E-state index contributed by atoms with van der Waals surface area (Å²) in [6.45, 7) is 0. The molecule has 1 nitrogen and oxygen atoms in total. The molecule has 68 valence electrons. The number of nitrogens with zero attached hydrogens (tertiary/aromatic N) is 1. The quantitative estimate of drug-likeness (QED) is 0.618. The maximum Gasteiger partial charge on any atom is 0.142 e. The highest BCUT2D eigenvalue weighted by Gasteiger charge is 2.12. The topological polar surface area (TPSA) is 3.24 Å². The van der Waals surface area contributed by atoms with Crippen LogP contribution < -0.4 is 4.90 Å². The van der Waals surface area contributed by atoms with Crippen LogP contribution in [0.5, 0.6) is 0 Å². The zero-order valence-corrected chi connectivity index (χ0v) is 7.98. The summed E-state index contributed by atoms with van der Waals surface area (Å²) in [7, 11) is 1.92. The van der Waals surface area contributed by atoms with Crippen molar-refractivity contribution in [2.45, 2.75) is 6.42 Å². The van der Waals surface area contributed by atoms with Gasteiger partial charge in [0.1, 0.15) is 5.82 Å². The minimum atomic E-state index is -0.343. The zero-order valence-electron chi connectivity index (χ0n) is 7.22. The maximum absolute atomic E-state index is 13.1. The molecule has 1 aliphatic heterocycles. The zero-order chi connectivity index (χ0) is 9.42. The second-order valence-corrected chi connectivity index (χ2v) is 3.50. The number of allylic oxidation sites excluding steroid dienone is 1. The Bertz CT molecular complexity index is 373. The lowest BCUT2D eigenvalue weighted by atomic mass is 10.1. The van der Waals surface area contributed by atoms with Crippen LogP contribution >= 0.6 is 11.6 Å². The van der Waals surface area contributed by atoms with Crippen LogP contribution in [0.1, 0.15) is 5.56 Å². The van der Waals surface area contributed by atoms with Gasteiger partial charge in [-0.1, -0.05) is 17.7 Å². The molecule has 1 heterocycles. The fourth-order valence-corrected chi connectivity index (χ4v) is 1.65. The normalized spacial score (nSPS) is 14.5. The molecule has 0 unspecified atom stereocenters. The Morgan fingerprint density at radius 3 is 3.00 bits per heavy atom. The van der Waals surface area contributed by atoms with Crippen molar-refractivity contribution < 1.29 is 4.39 Å². The van der Waals surface area contributed by atoms with E-state index in [0.29, 0.717) is 0 Å². The number of hydrogen-bond donors (Lipinski definition) is 0. The molecule has 13 heavy (non-hydrogen) atoms. The second-order valence-electron chi connectivity index (χ2n) is 3.09. The fraction of sp³-hybridized carbons (Fsp3) is 0.200. The van der Waals surface area contributed by atoms with E-state index in [1.807, 2.05) is 24.2 Å². The molecule has 0 aliphatic carbocycles. The standard InChI is InChI=1S/C10H9ClFN/c1-13-4-2-3-7-5-9(12)8(11)6-10(7)13/h2,4-6H,3H2,1H3. The van der Waals surface area contributed by atoms with E-state index in [0.717, 1.165) is 17.7 Å². The van der Waals surface area contributed by atoms with E-state index in [1.165, 1.54) is 6.07 Å². The van der Waals surface area contributed by atoms with Gasteiger partial charge in [0.15, 0.2) is 0 Å². The maximum atomic E-state index is 13.1. The first kappa shape index (κ1) is 8.57. The Hall–Kier alpha value is -1.02. The molecule has 0 saturated carbocycles. The molecule has 0 N–H and O–H groups in total. The van der Waals surface area contributed by atoms with Crippen molar-refractivity contribution >= 4 is 17.3 Å². The summed E-state index contributed by atoms with van der Waals surface area (Å²) in [6.07, 6.45) is 4.72. The third-order valence-electron chi connectivity index (χ3n) is 2.17. The third kappa shape index (κ3) is 1.42. The van der Waals surface area contributed by atoms with Gasteiger partial charge in [-0.2, -0.15) is 0 Å². The Balaban J connectivity index is 2.56. The first-order valence-corrected chi connectivity index (χ1v) is 4.43. The number of benzene rings is 1. The van der Waals surface area contributed by atoms with E-state index in [-0.39, 0.29) is 10.8 Å². The lowest BCUT2D eigenvalue weighted by Crippen LogP contribution is -2.14. The molecular formula is C10H9ClFN. The first-order chi connectivity index (χ1) is 6.18. The summed E-state index contributed by atoms with van der Waals surface area (Å²) in [5, 5.41) is 0.181. The molecule has 0 aromatic heterocycles. The van der Waals surface area contributed by atoms with Crippen molar-refractivity contribution in [3.63, 3.8) is 0 Å². The van der Waals surface area contributed by atoms with Gasteiger partial charge in [-0.3, -0.25) is 0 Å². The van der Waals surface area contributed by atoms with E-state index in [4.69, 9.17) is 11.6 Å². The van der Waals surface area contributed by atoms with E-state index < -0.39 is 0 Å². The molecule has 1 aromatic rings. The summed E-state index contributed by atoms with van der Waals surface area (Å²) >= 11 is 5.69. The molecule has 0 spiro atoms. The van der Waals surface area contributed by atoms with Crippen LogP contribution in [-0.4, -0.2) is 7.05 Å². The highest BCUT2D eigenvalue weighted by atomic mass is 35.5. The Kier molecular flexibility index (Phi) is 2.00. The van der Waals surface area contributed by atoms with E-state index in [9.17, 15) is 4.39 Å². The monoisotopic (exact) mass is 197 g/mol. The summed E-state index contributed by atoms with van der Waals surface area (Å²) in [6, 6.07) is 3.16. The number of anilines is 1. The minimum Gasteiger partial charge on any atom is -0.351 e. The largest absolute Gasteiger partial charge is 0.351 e. The molecule has 0 atom stereocenters. The van der Waals surface area contributed by atoms with Gasteiger partial charge in [-0.25, -0.2) is 4.39 Å². The average Bonchev–Trinajstić information content (AvgIpc) is 2.09. The molecule has 0 saturated heterocycles. The number of halogens is 2. The van der Waals surface area contributed by atoms with Crippen molar-refractivity contribution in [1.82, 2.24) is 0 Å². The number of fused-ring (bicyclic) bond motifs is 1. The van der Waals surface area contributed by atoms with Crippen molar-refractivity contribution in [2.24, 2.45) is 0 Å². The van der Waals surface area contributed by atoms with Gasteiger partial charge in [-0.15, -0.1) is 0 Å². The van der Waals surface area contributed by atoms with Gasteiger partial charge < -0.3 is 4.90 Å². The van der Waals surface area contributed by atoms with Crippen LogP contribution in [0.4, 0.5) is 10.1 Å². The fourth-order valence-electron chi connectivity index (χ4n) is 1.49. The van der Waals surface area contributed by atoms with E-state index in [1.54, 1.807) is 6.07 Å². The molecule has 1 aromatic carbocycles. The Labute approximate surface area is 81.4 Å². The Morgan fingerprint density at radius 2 is 2.23 bits per heavy atom. The molecule has 0 radical (unpaired) electrons. The van der Waals surface area contributed by atoms with Crippen molar-refractivity contribution in [3.8, 4) is 0 Å². The summed E-state index contributed by atoms with van der Waals surface area (Å²) < 4.78 is 13.1. The molecule has 2 rings (SSSR count). The Morgan fingerprint density at radius 1 is 1.46 bits per heavy atom. The third-order valence-corrected chi connectivity index (χ3v) is 2.46. The van der Waals surface area contributed by atoms with Crippen LogP contribution in [0.15, 0.2) is 24.4 Å². The van der Waals surface area contributed by atoms with Gasteiger partial charge in [0.05, 0.1) is 5.02 Å². The minimum absolute atomic E-state index is 0.181. The van der Waals surface area contributed by atoms with Crippen molar-refractivity contribution in [2.75, 3.05) is 11.9 Å². The molecule has 0 amide bonds. The number of hydrogen-bond acceptors (Lipinski definition) is 1. The van der Waals surface area contributed by atoms with Gasteiger partial charge in [0.25, 0.3) is 0 Å². The van der Waals surface area contributed by atoms with Gasteiger partial charge in [0.2, 0.25) is 0 Å². The summed E-state index contributed by atoms with van der Waals surface area (Å²) in [5.41, 5.74) is 1.96. The molecule has 0 fully saturated rings. The highest BCUT2D eigenvalue weighted by Crippen LogP contribution is 2.29. The summed E-state index contributed by atoms with van der Waals surface area (Å²) in [4.78, 5) is 1.93. The summed E-state index contributed by atoms with van der Waals surface area (Å²) in [5.74, 6) is -0.343. The molecule has 3 heteroatoms. The van der Waals surface area contributed by atoms with Crippen LogP contribution in [0.25, 0.3) is 0 Å². The number of rotatable bonds is 0. The highest BCUT2D eigenvalue weighted by molar-refractivity contribution is 6.31. The van der Waals surface area contributed by atoms with Gasteiger partial charge in [0, 0.05) is 18.9 Å². The lowest BCUT2D eigenvalue weighted by molar-refractivity contribution is 0.626. The van der Waals surface area contributed by atoms with Crippen LogP contribution in [0.2, 0.25) is 5.02 Å². The first-order valence-electron chi connectivity index (χ1n) is 4.06. The second kappa shape index (κ2) is 3.04. The molecule has 0 bridgehead atoms. The van der Waals surface area contributed by atoms with Crippen LogP contribution in [0, 0.1) is 5.82 Å². The average molecular weight is 198 g/mol. The molecular weight excluding hydrogens is 189 g/mol. The predicted octanol–water partition coefficient (Wildman–Crippen LogP) is 2.99. The van der Waals surface area contributed by atoms with Crippen LogP contribution in [0.3, 0.4) is 0 Å². The predicted molar refractivity (Wildman–Crippen MR) is 52.7 cm³/mol. The van der Waals surface area contributed by atoms with E-state index in [2.05, 4.69) is 0 Å². The SMILES string of the molecule is CN1C=CCc2cc(F)c(Cl)cc21. The van der Waals surface area contributed by atoms with Gasteiger partial charge >= 0.3 is 0 Å². The van der Waals surface area contributed by atoms with Crippen molar-refractivity contribution in [1.29, 1.82) is 0 Å². The van der Waals surface area contributed by atoms with Crippen LogP contribution in [-0.2, 0) is 6.42 Å². The molecule has 1 aliphatic rings.